The van der Waals surface area contributed by atoms with Crippen LogP contribution in [-0.4, -0.2) is 25.2 Å². The smallest absolute Gasteiger partial charge is 0.255 e. The minimum atomic E-state index is -0.354. The summed E-state index contributed by atoms with van der Waals surface area (Å²) < 4.78 is 10.6. The fourth-order valence-electron chi connectivity index (χ4n) is 2.77. The third-order valence-corrected chi connectivity index (χ3v) is 4.03. The fraction of sp³-hybridized carbons (Fsp3) is 0.150. The maximum Gasteiger partial charge on any atom is 0.255 e. The van der Waals surface area contributed by atoms with E-state index in [4.69, 9.17) is 9.47 Å². The van der Waals surface area contributed by atoms with Crippen LogP contribution in [0.5, 0.6) is 17.2 Å². The predicted molar refractivity (Wildman–Crippen MR) is 96.3 cm³/mol. The van der Waals surface area contributed by atoms with Gasteiger partial charge in [0.25, 0.3) is 5.91 Å². The lowest BCUT2D eigenvalue weighted by Crippen LogP contribution is -2.23. The van der Waals surface area contributed by atoms with E-state index in [1.165, 1.54) is 0 Å². The number of para-hydroxylation sites is 1. The first-order valence-corrected chi connectivity index (χ1v) is 7.84. The first-order chi connectivity index (χ1) is 12.1. The number of phenols is 1. The maximum atomic E-state index is 12.5. The number of carbonyl (C=O) groups is 1. The molecule has 0 spiro atoms. The summed E-state index contributed by atoms with van der Waals surface area (Å²) >= 11 is 0. The van der Waals surface area contributed by atoms with Crippen molar-refractivity contribution in [3.05, 3.63) is 65.7 Å². The molecule has 128 valence electrons. The van der Waals surface area contributed by atoms with Crippen molar-refractivity contribution in [3.8, 4) is 17.2 Å². The van der Waals surface area contributed by atoms with E-state index in [1.807, 2.05) is 36.4 Å². The van der Waals surface area contributed by atoms with Crippen molar-refractivity contribution in [1.82, 2.24) is 5.32 Å². The third-order valence-electron chi connectivity index (χ3n) is 4.03. The SMILES string of the molecule is COc1cccc(CNC(=O)c2cc3ccccc3cc2O)c1OC. The standard InChI is InChI=1S/C20H19NO4/c1-24-18-9-5-8-15(19(18)25-2)12-21-20(23)16-10-13-6-3-4-7-14(13)11-17(16)22/h3-11,22H,12H2,1-2H3,(H,21,23). The number of hydrogen-bond donors (Lipinski definition) is 2. The molecule has 0 aliphatic rings. The maximum absolute atomic E-state index is 12.5. The molecule has 0 bridgehead atoms. The van der Waals surface area contributed by atoms with Gasteiger partial charge in [-0.3, -0.25) is 4.79 Å². The summed E-state index contributed by atoms with van der Waals surface area (Å²) in [6.07, 6.45) is 0. The van der Waals surface area contributed by atoms with Gasteiger partial charge < -0.3 is 19.9 Å². The molecule has 0 fully saturated rings. The molecular formula is C20H19NO4. The summed E-state index contributed by atoms with van der Waals surface area (Å²) in [6.45, 7) is 0.255. The highest BCUT2D eigenvalue weighted by Gasteiger charge is 2.14. The highest BCUT2D eigenvalue weighted by molar-refractivity contribution is 6.01. The summed E-state index contributed by atoms with van der Waals surface area (Å²) in [5.74, 6) is 0.776. The number of aromatic hydroxyl groups is 1. The van der Waals surface area contributed by atoms with Crippen molar-refractivity contribution in [2.75, 3.05) is 14.2 Å². The van der Waals surface area contributed by atoms with Crippen LogP contribution in [0.15, 0.2) is 54.6 Å². The summed E-state index contributed by atoms with van der Waals surface area (Å²) in [5.41, 5.74) is 1.02. The first kappa shape index (κ1) is 16.6. The molecule has 2 N–H and O–H groups in total. The Morgan fingerprint density at radius 1 is 1.00 bits per heavy atom. The zero-order chi connectivity index (χ0) is 17.8. The Morgan fingerprint density at radius 3 is 2.40 bits per heavy atom. The molecule has 0 aliphatic heterocycles. The second-order valence-corrected chi connectivity index (χ2v) is 5.55. The Hall–Kier alpha value is -3.21. The molecule has 5 heteroatoms. The Balaban J connectivity index is 1.83. The normalized spacial score (nSPS) is 10.5. The fourth-order valence-corrected chi connectivity index (χ4v) is 2.77. The van der Waals surface area contributed by atoms with E-state index in [9.17, 15) is 9.90 Å². The van der Waals surface area contributed by atoms with Gasteiger partial charge >= 0.3 is 0 Å². The molecule has 0 aliphatic carbocycles. The van der Waals surface area contributed by atoms with Crippen LogP contribution < -0.4 is 14.8 Å². The molecule has 1 amide bonds. The van der Waals surface area contributed by atoms with E-state index in [0.717, 1.165) is 16.3 Å². The van der Waals surface area contributed by atoms with Crippen molar-refractivity contribution in [2.24, 2.45) is 0 Å². The highest BCUT2D eigenvalue weighted by Crippen LogP contribution is 2.31. The van der Waals surface area contributed by atoms with Crippen LogP contribution in [-0.2, 0) is 6.54 Å². The Morgan fingerprint density at radius 2 is 1.72 bits per heavy atom. The van der Waals surface area contributed by atoms with Crippen LogP contribution in [0, 0.1) is 0 Å². The average Bonchev–Trinajstić information content (AvgIpc) is 2.64. The molecule has 3 rings (SSSR count). The first-order valence-electron chi connectivity index (χ1n) is 7.84. The molecule has 25 heavy (non-hydrogen) atoms. The van der Waals surface area contributed by atoms with Gasteiger partial charge in [-0.05, 0) is 29.0 Å². The Bertz CT molecular complexity index is 921. The second kappa shape index (κ2) is 7.13. The predicted octanol–water partition coefficient (Wildman–Crippen LogP) is 3.49. The summed E-state index contributed by atoms with van der Waals surface area (Å²) in [6, 6.07) is 16.3. The van der Waals surface area contributed by atoms with Gasteiger partial charge in [-0.15, -0.1) is 0 Å². The Labute approximate surface area is 145 Å². The number of methoxy groups -OCH3 is 2. The lowest BCUT2D eigenvalue weighted by Gasteiger charge is -2.13. The van der Waals surface area contributed by atoms with Crippen molar-refractivity contribution in [3.63, 3.8) is 0 Å². The third kappa shape index (κ3) is 3.35. The lowest BCUT2D eigenvalue weighted by molar-refractivity contribution is 0.0948. The lowest BCUT2D eigenvalue weighted by atomic mass is 10.1. The summed E-state index contributed by atoms with van der Waals surface area (Å²) in [4.78, 5) is 12.5. The van der Waals surface area contributed by atoms with Gasteiger partial charge in [0, 0.05) is 12.1 Å². The molecule has 0 aromatic heterocycles. The van der Waals surface area contributed by atoms with Crippen LogP contribution in [0.1, 0.15) is 15.9 Å². The topological polar surface area (TPSA) is 67.8 Å². The van der Waals surface area contributed by atoms with E-state index in [2.05, 4.69) is 5.32 Å². The van der Waals surface area contributed by atoms with Gasteiger partial charge in [0.15, 0.2) is 11.5 Å². The zero-order valence-electron chi connectivity index (χ0n) is 14.1. The van der Waals surface area contributed by atoms with Crippen molar-refractivity contribution in [2.45, 2.75) is 6.54 Å². The number of nitrogens with one attached hydrogen (secondary N) is 1. The minimum Gasteiger partial charge on any atom is -0.507 e. The molecule has 5 nitrogen and oxygen atoms in total. The number of benzene rings is 3. The molecule has 0 atom stereocenters. The number of fused-ring (bicyclic) bond motifs is 1. The number of ether oxygens (including phenoxy) is 2. The van der Waals surface area contributed by atoms with Gasteiger partial charge in [0.05, 0.1) is 19.8 Å². The number of amides is 1. The number of hydrogen-bond acceptors (Lipinski definition) is 4. The van der Waals surface area contributed by atoms with Crippen LogP contribution in [0.2, 0.25) is 0 Å². The van der Waals surface area contributed by atoms with E-state index in [-0.39, 0.29) is 23.8 Å². The molecule has 0 saturated carbocycles. The second-order valence-electron chi connectivity index (χ2n) is 5.55. The van der Waals surface area contributed by atoms with Crippen molar-refractivity contribution in [1.29, 1.82) is 0 Å². The van der Waals surface area contributed by atoms with E-state index < -0.39 is 0 Å². The zero-order valence-corrected chi connectivity index (χ0v) is 14.1. The van der Waals surface area contributed by atoms with Crippen LogP contribution in [0.3, 0.4) is 0 Å². The summed E-state index contributed by atoms with van der Waals surface area (Å²) in [5, 5.41) is 14.7. The molecule has 3 aromatic rings. The van der Waals surface area contributed by atoms with Crippen LogP contribution >= 0.6 is 0 Å². The number of carbonyl (C=O) groups excluding carboxylic acids is 1. The number of phenolic OH excluding ortho intramolecular Hbond substituents is 1. The van der Waals surface area contributed by atoms with Crippen LogP contribution in [0.25, 0.3) is 10.8 Å². The van der Waals surface area contributed by atoms with Gasteiger partial charge in [0.2, 0.25) is 0 Å². The molecule has 0 heterocycles. The van der Waals surface area contributed by atoms with E-state index in [1.54, 1.807) is 32.4 Å². The molecular weight excluding hydrogens is 318 g/mol. The van der Waals surface area contributed by atoms with Gasteiger partial charge in [-0.2, -0.15) is 0 Å². The summed E-state index contributed by atoms with van der Waals surface area (Å²) in [7, 11) is 3.12. The molecule has 3 aromatic carbocycles. The van der Waals surface area contributed by atoms with Gasteiger partial charge in [-0.25, -0.2) is 0 Å². The molecule has 0 saturated heterocycles. The molecule has 0 radical (unpaired) electrons. The van der Waals surface area contributed by atoms with Crippen LogP contribution in [0.4, 0.5) is 0 Å². The van der Waals surface area contributed by atoms with E-state index in [0.29, 0.717) is 11.5 Å². The van der Waals surface area contributed by atoms with Crippen molar-refractivity contribution >= 4 is 16.7 Å². The minimum absolute atomic E-state index is 0.0474. The largest absolute Gasteiger partial charge is 0.507 e. The van der Waals surface area contributed by atoms with E-state index >= 15 is 0 Å². The quantitative estimate of drug-likeness (QED) is 0.748. The van der Waals surface area contributed by atoms with Gasteiger partial charge in [0.1, 0.15) is 5.75 Å². The monoisotopic (exact) mass is 337 g/mol. The van der Waals surface area contributed by atoms with Crippen molar-refractivity contribution < 1.29 is 19.4 Å². The number of rotatable bonds is 5. The molecule has 0 unspecified atom stereocenters. The highest BCUT2D eigenvalue weighted by atomic mass is 16.5. The Kier molecular flexibility index (Phi) is 4.75. The van der Waals surface area contributed by atoms with Gasteiger partial charge in [-0.1, -0.05) is 36.4 Å². The average molecular weight is 337 g/mol.